The first-order valence-electron chi connectivity index (χ1n) is 14.9. The maximum Gasteiger partial charge on any atom is 0.311 e. The Hall–Kier alpha value is -4.58. The molecular weight excluding hydrogens is 608 g/mol. The van der Waals surface area contributed by atoms with Gasteiger partial charge in [0.25, 0.3) is 0 Å². The Labute approximate surface area is 274 Å². The largest absolute Gasteiger partial charge is 0.364 e. The van der Waals surface area contributed by atoms with E-state index in [9.17, 15) is 20.2 Å². The fourth-order valence-electron chi connectivity index (χ4n) is 3.99. The van der Waals surface area contributed by atoms with Crippen LogP contribution in [-0.4, -0.2) is 42.9 Å². The van der Waals surface area contributed by atoms with E-state index >= 15 is 0 Å². The van der Waals surface area contributed by atoms with Crippen molar-refractivity contribution in [2.75, 3.05) is 23.7 Å². The number of H-pyrrole nitrogens is 1. The lowest BCUT2D eigenvalue weighted by molar-refractivity contribution is -0.384. The van der Waals surface area contributed by atoms with Gasteiger partial charge in [-0.25, -0.2) is 15.0 Å². The normalized spacial score (nSPS) is 11.8. The molecule has 0 amide bonds. The van der Waals surface area contributed by atoms with E-state index in [1.54, 1.807) is 6.07 Å². The van der Waals surface area contributed by atoms with E-state index < -0.39 is 9.85 Å². The number of pyridine rings is 2. The highest BCUT2D eigenvalue weighted by Crippen LogP contribution is 2.35. The highest BCUT2D eigenvalue weighted by Gasteiger charge is 2.25. The molecule has 4 rings (SSSR count). The summed E-state index contributed by atoms with van der Waals surface area (Å²) in [5.74, 6) is 1.31. The number of anilines is 2. The number of hydrogen-bond donors (Lipinski definition) is 3. The molecule has 13 heteroatoms. The summed E-state index contributed by atoms with van der Waals surface area (Å²) in [4.78, 5) is 38.2. The van der Waals surface area contributed by atoms with Crippen LogP contribution in [0.2, 0.25) is 5.15 Å². The van der Waals surface area contributed by atoms with Gasteiger partial charge in [0, 0.05) is 36.2 Å². The predicted octanol–water partition coefficient (Wildman–Crippen LogP) is 8.90. The zero-order chi connectivity index (χ0) is 34.4. The molecular formula is C33H43ClN8O4. The molecule has 0 unspecified atom stereocenters. The van der Waals surface area contributed by atoms with Crippen molar-refractivity contribution in [2.45, 2.75) is 67.7 Å². The Morgan fingerprint density at radius 3 is 1.70 bits per heavy atom. The van der Waals surface area contributed by atoms with Crippen LogP contribution in [-0.2, 0) is 5.41 Å². The lowest BCUT2D eigenvalue weighted by Gasteiger charge is -2.19. The molecule has 3 heterocycles. The molecule has 0 aliphatic rings. The highest BCUT2D eigenvalue weighted by atomic mass is 35.5. The number of nitrogens with zero attached hydrogens (tertiary/aromatic N) is 5. The molecule has 3 aromatic heterocycles. The van der Waals surface area contributed by atoms with Gasteiger partial charge in [-0.2, -0.15) is 0 Å². The molecule has 0 saturated carbocycles. The van der Waals surface area contributed by atoms with Crippen molar-refractivity contribution < 1.29 is 9.85 Å². The zero-order valence-electron chi connectivity index (χ0n) is 27.9. The van der Waals surface area contributed by atoms with Crippen molar-refractivity contribution in [2.24, 2.45) is 10.8 Å². The number of aromatic nitrogens is 4. The van der Waals surface area contributed by atoms with Crippen molar-refractivity contribution >= 4 is 34.6 Å². The monoisotopic (exact) mass is 650 g/mol. The number of nitrogens with one attached hydrogen (secondary N) is 3. The van der Waals surface area contributed by atoms with Gasteiger partial charge in [-0.15, -0.1) is 0 Å². The number of imidazole rings is 1. The quantitative estimate of drug-likeness (QED) is 0.0958. The van der Waals surface area contributed by atoms with Crippen LogP contribution in [0, 0.1) is 31.1 Å². The highest BCUT2D eigenvalue weighted by molar-refractivity contribution is 6.29. The fourth-order valence-corrected chi connectivity index (χ4v) is 4.14. The van der Waals surface area contributed by atoms with E-state index in [0.29, 0.717) is 18.8 Å². The summed E-state index contributed by atoms with van der Waals surface area (Å²) < 4.78 is 0. The molecule has 3 N–H and O–H groups in total. The SMILES string of the molecule is CC(C)(C)CNc1nc(-c2[nH]c(C(C)(C)C)nc2-c2ccccc2)ccc1[N+](=O)[O-].CC(C)(C)CNc1nc(Cl)ccc1[N+](=O)[O-]. The Bertz CT molecular complexity index is 1670. The van der Waals surface area contributed by atoms with Gasteiger partial charge in [-0.3, -0.25) is 20.2 Å². The van der Waals surface area contributed by atoms with Gasteiger partial charge in [0.15, 0.2) is 0 Å². The van der Waals surface area contributed by atoms with Gasteiger partial charge in [-0.1, -0.05) is 104 Å². The topological polar surface area (TPSA) is 165 Å². The first kappa shape index (κ1) is 35.9. The number of rotatable bonds is 8. The molecule has 0 aliphatic heterocycles. The average Bonchev–Trinajstić information content (AvgIpc) is 3.41. The fraction of sp³-hybridized carbons (Fsp3) is 0.424. The molecule has 0 fully saturated rings. The third-order valence-corrected chi connectivity index (χ3v) is 6.61. The van der Waals surface area contributed by atoms with E-state index in [1.165, 1.54) is 18.2 Å². The summed E-state index contributed by atoms with van der Waals surface area (Å²) in [5.41, 5.74) is 2.78. The molecule has 46 heavy (non-hydrogen) atoms. The molecule has 246 valence electrons. The van der Waals surface area contributed by atoms with Crippen LogP contribution in [0.5, 0.6) is 0 Å². The Morgan fingerprint density at radius 1 is 0.717 bits per heavy atom. The van der Waals surface area contributed by atoms with E-state index in [0.717, 1.165) is 22.8 Å². The third kappa shape index (κ3) is 10.2. The van der Waals surface area contributed by atoms with Crippen LogP contribution in [0.3, 0.4) is 0 Å². The Balaban J connectivity index is 0.000000304. The van der Waals surface area contributed by atoms with Crippen molar-refractivity contribution in [1.29, 1.82) is 0 Å². The lowest BCUT2D eigenvalue weighted by Crippen LogP contribution is -2.20. The minimum Gasteiger partial charge on any atom is -0.364 e. The van der Waals surface area contributed by atoms with Gasteiger partial charge < -0.3 is 15.6 Å². The van der Waals surface area contributed by atoms with Crippen molar-refractivity contribution in [3.8, 4) is 22.6 Å². The van der Waals surface area contributed by atoms with Gasteiger partial charge in [0.2, 0.25) is 11.6 Å². The van der Waals surface area contributed by atoms with Gasteiger partial charge in [0.1, 0.15) is 11.0 Å². The molecule has 0 atom stereocenters. The zero-order valence-corrected chi connectivity index (χ0v) is 28.6. The van der Waals surface area contributed by atoms with Crippen LogP contribution < -0.4 is 10.6 Å². The molecule has 12 nitrogen and oxygen atoms in total. The minimum atomic E-state index is -0.478. The van der Waals surface area contributed by atoms with E-state index in [1.807, 2.05) is 51.1 Å². The van der Waals surface area contributed by atoms with E-state index in [-0.39, 0.29) is 44.4 Å². The molecule has 1 aromatic carbocycles. The maximum absolute atomic E-state index is 11.5. The summed E-state index contributed by atoms with van der Waals surface area (Å²) in [6, 6.07) is 15.8. The van der Waals surface area contributed by atoms with Gasteiger partial charge >= 0.3 is 11.4 Å². The summed E-state index contributed by atoms with van der Waals surface area (Å²) in [5, 5.41) is 28.6. The second-order valence-corrected chi connectivity index (χ2v) is 14.7. The molecule has 0 saturated heterocycles. The standard InChI is InChI=1S/C23H29N5O2.C10H14ClN3O2/c1-22(2,3)14-24-20-17(28(29)30)13-12-16(25-20)19-18(15-10-8-7-9-11-15)26-21(27-19)23(4,5)6;1-10(2,3)6-12-9-7(14(15)16)4-5-8(11)13-9/h7-13H,14H2,1-6H3,(H,24,25)(H,26,27);4-5H,6H2,1-3H3,(H,12,13). The smallest absolute Gasteiger partial charge is 0.311 e. The summed E-state index contributed by atoms with van der Waals surface area (Å²) in [6.07, 6.45) is 0. The molecule has 0 radical (unpaired) electrons. The number of aromatic amines is 1. The first-order chi connectivity index (χ1) is 21.2. The van der Waals surface area contributed by atoms with Gasteiger partial charge in [0.05, 0.1) is 26.9 Å². The van der Waals surface area contributed by atoms with Crippen molar-refractivity contribution in [3.63, 3.8) is 0 Å². The number of nitro groups is 2. The maximum atomic E-state index is 11.5. The minimum absolute atomic E-state index is 0.0118. The first-order valence-corrected chi connectivity index (χ1v) is 15.2. The van der Waals surface area contributed by atoms with Crippen LogP contribution in [0.1, 0.15) is 68.1 Å². The summed E-state index contributed by atoms with van der Waals surface area (Å²) in [7, 11) is 0. The second-order valence-electron chi connectivity index (χ2n) is 14.3. The van der Waals surface area contributed by atoms with Crippen LogP contribution in [0.15, 0.2) is 54.6 Å². The van der Waals surface area contributed by atoms with Crippen LogP contribution in [0.4, 0.5) is 23.0 Å². The average molecular weight is 651 g/mol. The van der Waals surface area contributed by atoms with Crippen molar-refractivity contribution in [1.82, 2.24) is 19.9 Å². The second kappa shape index (κ2) is 14.2. The summed E-state index contributed by atoms with van der Waals surface area (Å²) >= 11 is 5.70. The molecule has 0 spiro atoms. The van der Waals surface area contributed by atoms with Crippen LogP contribution in [0.25, 0.3) is 22.6 Å². The third-order valence-electron chi connectivity index (χ3n) is 6.40. The Kier molecular flexibility index (Phi) is 11.1. The van der Waals surface area contributed by atoms with E-state index in [4.69, 9.17) is 16.6 Å². The molecule has 0 aliphatic carbocycles. The number of halogens is 1. The van der Waals surface area contributed by atoms with Crippen molar-refractivity contribution in [3.05, 3.63) is 85.8 Å². The molecule has 0 bridgehead atoms. The predicted molar refractivity (Wildman–Crippen MR) is 184 cm³/mol. The lowest BCUT2D eigenvalue weighted by atomic mass is 9.96. The number of benzene rings is 1. The van der Waals surface area contributed by atoms with Crippen LogP contribution >= 0.6 is 11.6 Å². The summed E-state index contributed by atoms with van der Waals surface area (Å²) in [6.45, 7) is 19.7. The van der Waals surface area contributed by atoms with Gasteiger partial charge in [-0.05, 0) is 23.0 Å². The Morgan fingerprint density at radius 2 is 1.22 bits per heavy atom. The number of hydrogen-bond acceptors (Lipinski definition) is 9. The van der Waals surface area contributed by atoms with E-state index in [2.05, 4.69) is 67.1 Å². The molecule has 4 aromatic rings.